The second-order valence-electron chi connectivity index (χ2n) is 4.31. The van der Waals surface area contributed by atoms with Gasteiger partial charge >= 0.3 is 0 Å². The fourth-order valence-corrected chi connectivity index (χ4v) is 2.01. The minimum Gasteiger partial charge on any atom is -0.484 e. The molecule has 2 rings (SSSR count). The van der Waals surface area contributed by atoms with E-state index in [0.29, 0.717) is 5.75 Å². The molecule has 0 saturated heterocycles. The lowest BCUT2D eigenvalue weighted by Crippen LogP contribution is -2.24. The van der Waals surface area contributed by atoms with E-state index in [4.69, 9.17) is 4.74 Å². The highest BCUT2D eigenvalue weighted by Crippen LogP contribution is 2.14. The van der Waals surface area contributed by atoms with Crippen LogP contribution in [0.3, 0.4) is 0 Å². The summed E-state index contributed by atoms with van der Waals surface area (Å²) in [6.07, 6.45) is 3.55. The Labute approximate surface area is 132 Å². The molecule has 0 atom stereocenters. The number of thioether (sulfide) groups is 1. The molecule has 0 bridgehead atoms. The van der Waals surface area contributed by atoms with Crippen LogP contribution in [0, 0.1) is 5.82 Å². The molecule has 0 radical (unpaired) electrons. The minimum absolute atomic E-state index is 0.230. The van der Waals surface area contributed by atoms with Crippen LogP contribution in [0.1, 0.15) is 5.56 Å². The third kappa shape index (κ3) is 5.21. The number of carbonyl (C=O) groups excluding carboxylic acids is 1. The summed E-state index contributed by atoms with van der Waals surface area (Å²) in [4.78, 5) is 12.7. The highest BCUT2D eigenvalue weighted by molar-refractivity contribution is 7.98. The maximum atomic E-state index is 12.9. The van der Waals surface area contributed by atoms with Crippen molar-refractivity contribution in [1.29, 1.82) is 0 Å². The summed E-state index contributed by atoms with van der Waals surface area (Å²) < 4.78 is 18.1. The molecule has 0 aliphatic carbocycles. The van der Waals surface area contributed by atoms with Gasteiger partial charge in [0.25, 0.3) is 5.91 Å². The number of carbonyl (C=O) groups is 1. The van der Waals surface area contributed by atoms with Crippen molar-refractivity contribution in [2.24, 2.45) is 5.10 Å². The maximum absolute atomic E-state index is 12.9. The van der Waals surface area contributed by atoms with Gasteiger partial charge in [-0.1, -0.05) is 18.2 Å². The molecule has 0 fully saturated rings. The zero-order chi connectivity index (χ0) is 15.8. The van der Waals surface area contributed by atoms with Crippen LogP contribution in [0.2, 0.25) is 0 Å². The lowest BCUT2D eigenvalue weighted by molar-refractivity contribution is -0.123. The Morgan fingerprint density at radius 2 is 2.09 bits per heavy atom. The number of ether oxygens (including phenoxy) is 1. The van der Waals surface area contributed by atoms with E-state index in [1.165, 1.54) is 18.2 Å². The Kier molecular flexibility index (Phi) is 5.97. The maximum Gasteiger partial charge on any atom is 0.277 e. The number of rotatable bonds is 6. The van der Waals surface area contributed by atoms with E-state index in [-0.39, 0.29) is 6.61 Å². The van der Waals surface area contributed by atoms with E-state index in [2.05, 4.69) is 10.5 Å². The first-order valence-electron chi connectivity index (χ1n) is 6.52. The zero-order valence-corrected chi connectivity index (χ0v) is 12.8. The van der Waals surface area contributed by atoms with Crippen LogP contribution in [0.4, 0.5) is 4.39 Å². The van der Waals surface area contributed by atoms with Crippen molar-refractivity contribution in [3.63, 3.8) is 0 Å². The molecule has 0 saturated carbocycles. The monoisotopic (exact) mass is 318 g/mol. The standard InChI is InChI=1S/C16H15FN2O2S/c1-22-15-7-5-12(6-8-15)10-18-19-16(20)11-21-14-4-2-3-13(17)9-14/h2-10H,11H2,1H3,(H,19,20)/b18-10-. The molecule has 2 aromatic carbocycles. The van der Waals surface area contributed by atoms with Gasteiger partial charge in [-0.15, -0.1) is 11.8 Å². The van der Waals surface area contributed by atoms with E-state index < -0.39 is 11.7 Å². The third-order valence-corrected chi connectivity index (χ3v) is 3.43. The normalized spacial score (nSPS) is 10.6. The van der Waals surface area contributed by atoms with E-state index in [0.717, 1.165) is 10.5 Å². The van der Waals surface area contributed by atoms with Crippen molar-refractivity contribution < 1.29 is 13.9 Å². The first-order chi connectivity index (χ1) is 10.7. The summed E-state index contributed by atoms with van der Waals surface area (Å²) in [5.74, 6) is -0.530. The van der Waals surface area contributed by atoms with Crippen LogP contribution < -0.4 is 10.2 Å². The van der Waals surface area contributed by atoms with Gasteiger partial charge in [0.1, 0.15) is 11.6 Å². The van der Waals surface area contributed by atoms with Crippen molar-refractivity contribution in [3.8, 4) is 5.75 Å². The van der Waals surface area contributed by atoms with E-state index in [9.17, 15) is 9.18 Å². The smallest absolute Gasteiger partial charge is 0.277 e. The summed E-state index contributed by atoms with van der Waals surface area (Å²) in [6.45, 7) is -0.230. The van der Waals surface area contributed by atoms with Gasteiger partial charge in [0, 0.05) is 11.0 Å². The molecule has 0 unspecified atom stereocenters. The Morgan fingerprint density at radius 3 is 2.77 bits per heavy atom. The molecule has 114 valence electrons. The topological polar surface area (TPSA) is 50.7 Å². The summed E-state index contributed by atoms with van der Waals surface area (Å²) in [5.41, 5.74) is 3.23. The largest absolute Gasteiger partial charge is 0.484 e. The highest BCUT2D eigenvalue weighted by atomic mass is 32.2. The summed E-state index contributed by atoms with van der Waals surface area (Å²) in [5, 5.41) is 3.84. The summed E-state index contributed by atoms with van der Waals surface area (Å²) >= 11 is 1.65. The molecule has 22 heavy (non-hydrogen) atoms. The average Bonchev–Trinajstić information content (AvgIpc) is 2.54. The molecule has 1 amide bonds. The molecular formula is C16H15FN2O2S. The van der Waals surface area contributed by atoms with E-state index >= 15 is 0 Å². The number of benzene rings is 2. The van der Waals surface area contributed by atoms with Gasteiger partial charge in [0.05, 0.1) is 6.21 Å². The van der Waals surface area contributed by atoms with Gasteiger partial charge in [-0.05, 0) is 36.1 Å². The van der Waals surface area contributed by atoms with Gasteiger partial charge in [-0.2, -0.15) is 5.10 Å². The van der Waals surface area contributed by atoms with Crippen molar-refractivity contribution in [1.82, 2.24) is 5.43 Å². The number of hydrogen-bond acceptors (Lipinski definition) is 4. The molecular weight excluding hydrogens is 303 g/mol. The van der Waals surface area contributed by atoms with Crippen molar-refractivity contribution in [2.45, 2.75) is 4.90 Å². The quantitative estimate of drug-likeness (QED) is 0.506. The molecule has 2 aromatic rings. The predicted molar refractivity (Wildman–Crippen MR) is 85.9 cm³/mol. The SMILES string of the molecule is CSc1ccc(/C=N\NC(=O)COc2cccc(F)c2)cc1. The Morgan fingerprint density at radius 1 is 1.32 bits per heavy atom. The Balaban J connectivity index is 1.78. The van der Waals surface area contributed by atoms with Crippen molar-refractivity contribution in [2.75, 3.05) is 12.9 Å². The van der Waals surface area contributed by atoms with Crippen LogP contribution in [0.5, 0.6) is 5.75 Å². The van der Waals surface area contributed by atoms with Gasteiger partial charge < -0.3 is 4.74 Å². The Bertz CT molecular complexity index is 659. The molecule has 6 heteroatoms. The molecule has 0 aromatic heterocycles. The first kappa shape index (κ1) is 16.0. The van der Waals surface area contributed by atoms with Crippen molar-refractivity contribution in [3.05, 3.63) is 59.9 Å². The second-order valence-corrected chi connectivity index (χ2v) is 5.19. The zero-order valence-electron chi connectivity index (χ0n) is 12.0. The minimum atomic E-state index is -0.416. The van der Waals surface area contributed by atoms with Crippen LogP contribution in [0.25, 0.3) is 0 Å². The van der Waals surface area contributed by atoms with Crippen LogP contribution >= 0.6 is 11.8 Å². The third-order valence-electron chi connectivity index (χ3n) is 2.68. The number of hydrogen-bond donors (Lipinski definition) is 1. The van der Waals surface area contributed by atoms with Gasteiger partial charge in [0.2, 0.25) is 0 Å². The number of hydrazone groups is 1. The lowest BCUT2D eigenvalue weighted by Gasteiger charge is -2.04. The van der Waals surface area contributed by atoms with Crippen LogP contribution in [-0.4, -0.2) is 25.0 Å². The summed E-state index contributed by atoms with van der Waals surface area (Å²) in [6, 6.07) is 13.4. The molecule has 0 aliphatic heterocycles. The van der Waals surface area contributed by atoms with Crippen molar-refractivity contribution >= 4 is 23.9 Å². The fourth-order valence-electron chi connectivity index (χ4n) is 1.61. The van der Waals surface area contributed by atoms with E-state index in [1.54, 1.807) is 24.0 Å². The molecule has 1 N–H and O–H groups in total. The highest BCUT2D eigenvalue weighted by Gasteiger charge is 2.02. The lowest BCUT2D eigenvalue weighted by atomic mass is 10.2. The molecule has 0 heterocycles. The fraction of sp³-hybridized carbons (Fsp3) is 0.125. The summed E-state index contributed by atoms with van der Waals surface area (Å²) in [7, 11) is 0. The number of amides is 1. The predicted octanol–water partition coefficient (Wildman–Crippen LogP) is 3.08. The number of nitrogens with zero attached hydrogens (tertiary/aromatic N) is 1. The average molecular weight is 318 g/mol. The van der Waals surface area contributed by atoms with Crippen LogP contribution in [-0.2, 0) is 4.79 Å². The second kappa shape index (κ2) is 8.19. The van der Waals surface area contributed by atoms with Gasteiger partial charge in [-0.25, -0.2) is 9.82 Å². The molecule has 4 nitrogen and oxygen atoms in total. The number of nitrogens with one attached hydrogen (secondary N) is 1. The Hall–Kier alpha value is -2.34. The van der Waals surface area contributed by atoms with E-state index in [1.807, 2.05) is 30.5 Å². The molecule has 0 spiro atoms. The van der Waals surface area contributed by atoms with Crippen LogP contribution in [0.15, 0.2) is 58.5 Å². The number of halogens is 1. The van der Waals surface area contributed by atoms with Gasteiger partial charge in [-0.3, -0.25) is 4.79 Å². The molecule has 0 aliphatic rings. The first-order valence-corrected chi connectivity index (χ1v) is 7.74. The van der Waals surface area contributed by atoms with Gasteiger partial charge in [0.15, 0.2) is 6.61 Å².